The summed E-state index contributed by atoms with van der Waals surface area (Å²) in [6, 6.07) is 2.99. The summed E-state index contributed by atoms with van der Waals surface area (Å²) in [5.74, 6) is 0.284. The summed E-state index contributed by atoms with van der Waals surface area (Å²) in [7, 11) is 0. The van der Waals surface area contributed by atoms with Gasteiger partial charge in [0.15, 0.2) is 0 Å². The number of aryl methyl sites for hydroxylation is 2. The molecule has 15 heavy (non-hydrogen) atoms. The lowest BCUT2D eigenvalue weighted by Gasteiger charge is -2.07. The van der Waals surface area contributed by atoms with Gasteiger partial charge in [-0.05, 0) is 51.7 Å². The Hall–Kier alpha value is -1.05. The van der Waals surface area contributed by atoms with Crippen LogP contribution in [0, 0.1) is 13.8 Å². The quantitative estimate of drug-likeness (QED) is 0.740. The highest BCUT2D eigenvalue weighted by Gasteiger charge is 2.26. The van der Waals surface area contributed by atoms with Crippen molar-refractivity contribution in [1.29, 1.82) is 0 Å². The maximum Gasteiger partial charge on any atom is 0.130 e. The Kier molecular flexibility index (Phi) is 2.68. The Morgan fingerprint density at radius 2 is 2.13 bits per heavy atom. The Morgan fingerprint density at radius 1 is 1.47 bits per heavy atom. The smallest absolute Gasteiger partial charge is 0.130 e. The Bertz CT molecular complexity index is 385. The van der Waals surface area contributed by atoms with E-state index in [1.165, 1.54) is 29.8 Å². The molecule has 0 aliphatic heterocycles. The second-order valence-corrected chi connectivity index (χ2v) is 4.70. The summed E-state index contributed by atoms with van der Waals surface area (Å²) in [5.41, 5.74) is 4.08. The van der Waals surface area contributed by atoms with E-state index in [9.17, 15) is 4.79 Å². The highest BCUT2D eigenvalue weighted by molar-refractivity contribution is 5.75. The lowest BCUT2D eigenvalue weighted by Crippen LogP contribution is -2.00. The van der Waals surface area contributed by atoms with Crippen LogP contribution < -0.4 is 0 Å². The molecule has 1 aliphatic rings. The molecule has 0 radical (unpaired) electrons. The number of Topliss-reactive ketones (excluding diaryl/α,β-unsaturated/α-hetero) is 1. The minimum atomic E-state index is 0.284. The van der Waals surface area contributed by atoms with Crippen LogP contribution in [0.3, 0.4) is 0 Å². The molecule has 0 bridgehead atoms. The number of hydrogen-bond acceptors (Lipinski definition) is 1. The van der Waals surface area contributed by atoms with Crippen LogP contribution in [0.15, 0.2) is 6.07 Å². The number of ketones is 1. The van der Waals surface area contributed by atoms with Crippen LogP contribution in [-0.4, -0.2) is 10.4 Å². The van der Waals surface area contributed by atoms with Gasteiger partial charge < -0.3 is 9.36 Å². The molecule has 1 aromatic rings. The predicted molar refractivity (Wildman–Crippen MR) is 61.2 cm³/mol. The van der Waals surface area contributed by atoms with Crippen LogP contribution in [0.4, 0.5) is 0 Å². The monoisotopic (exact) mass is 205 g/mol. The maximum absolute atomic E-state index is 11.0. The summed E-state index contributed by atoms with van der Waals surface area (Å²) in [6.07, 6.45) is 4.22. The number of rotatable bonds is 4. The van der Waals surface area contributed by atoms with Crippen LogP contribution in [0.1, 0.15) is 49.2 Å². The SMILES string of the molecule is CC(=O)CCc1cc(C)n(C2CC2)c1C. The van der Waals surface area contributed by atoms with Crippen molar-refractivity contribution < 1.29 is 4.79 Å². The molecule has 0 aromatic carbocycles. The molecule has 0 saturated heterocycles. The lowest BCUT2D eigenvalue weighted by atomic mass is 10.1. The first-order valence-electron chi connectivity index (χ1n) is 5.76. The number of nitrogens with zero attached hydrogens (tertiary/aromatic N) is 1. The minimum Gasteiger partial charge on any atom is -0.346 e. The topological polar surface area (TPSA) is 22.0 Å². The fraction of sp³-hybridized carbons (Fsp3) is 0.615. The van der Waals surface area contributed by atoms with Crippen molar-refractivity contribution in [3.63, 3.8) is 0 Å². The Labute approximate surface area is 91.3 Å². The normalized spacial score (nSPS) is 15.7. The Balaban J connectivity index is 2.17. The largest absolute Gasteiger partial charge is 0.346 e. The van der Waals surface area contributed by atoms with Crippen molar-refractivity contribution >= 4 is 5.78 Å². The first-order chi connectivity index (χ1) is 7.09. The van der Waals surface area contributed by atoms with Crippen molar-refractivity contribution in [2.45, 2.75) is 52.5 Å². The minimum absolute atomic E-state index is 0.284. The van der Waals surface area contributed by atoms with Gasteiger partial charge >= 0.3 is 0 Å². The maximum atomic E-state index is 11.0. The summed E-state index contributed by atoms with van der Waals surface area (Å²) in [5, 5.41) is 0. The number of hydrogen-bond donors (Lipinski definition) is 0. The molecule has 1 aliphatic carbocycles. The van der Waals surface area contributed by atoms with E-state index in [4.69, 9.17) is 0 Å². The molecule has 82 valence electrons. The lowest BCUT2D eigenvalue weighted by molar-refractivity contribution is -0.116. The summed E-state index contributed by atoms with van der Waals surface area (Å²) < 4.78 is 2.44. The molecule has 1 fully saturated rings. The molecule has 0 N–H and O–H groups in total. The van der Waals surface area contributed by atoms with Gasteiger partial charge in [0, 0.05) is 23.9 Å². The van der Waals surface area contributed by atoms with Crippen molar-refractivity contribution in [2.24, 2.45) is 0 Å². The molecule has 1 saturated carbocycles. The predicted octanol–water partition coefficient (Wildman–Crippen LogP) is 2.96. The molecule has 1 aromatic heterocycles. The van der Waals surface area contributed by atoms with E-state index in [1.54, 1.807) is 6.92 Å². The molecular weight excluding hydrogens is 186 g/mol. The van der Waals surface area contributed by atoms with Gasteiger partial charge in [0.1, 0.15) is 5.78 Å². The van der Waals surface area contributed by atoms with E-state index >= 15 is 0 Å². The van der Waals surface area contributed by atoms with Crippen LogP contribution in [0.25, 0.3) is 0 Å². The molecule has 2 rings (SSSR count). The average molecular weight is 205 g/mol. The standard InChI is InChI=1S/C13H19NO/c1-9-8-12(5-4-10(2)15)11(3)14(9)13-6-7-13/h8,13H,4-7H2,1-3H3. The van der Waals surface area contributed by atoms with Gasteiger partial charge in [-0.2, -0.15) is 0 Å². The number of aromatic nitrogens is 1. The number of carbonyl (C=O) groups excluding carboxylic acids is 1. The summed E-state index contributed by atoms with van der Waals surface area (Å²) in [6.45, 7) is 6.02. The fourth-order valence-corrected chi connectivity index (χ4v) is 2.30. The van der Waals surface area contributed by atoms with Gasteiger partial charge in [0.25, 0.3) is 0 Å². The zero-order chi connectivity index (χ0) is 11.0. The third kappa shape index (κ3) is 2.14. The first-order valence-corrected chi connectivity index (χ1v) is 5.76. The van der Waals surface area contributed by atoms with Crippen LogP contribution >= 0.6 is 0 Å². The van der Waals surface area contributed by atoms with Crippen LogP contribution in [0.2, 0.25) is 0 Å². The van der Waals surface area contributed by atoms with Gasteiger partial charge in [0.05, 0.1) is 0 Å². The highest BCUT2D eigenvalue weighted by Crippen LogP contribution is 2.38. The van der Waals surface area contributed by atoms with Gasteiger partial charge in [-0.25, -0.2) is 0 Å². The van der Waals surface area contributed by atoms with Gasteiger partial charge in [-0.1, -0.05) is 0 Å². The number of carbonyl (C=O) groups is 1. The van der Waals surface area contributed by atoms with Gasteiger partial charge in [-0.3, -0.25) is 0 Å². The Morgan fingerprint density at radius 3 is 2.67 bits per heavy atom. The van der Waals surface area contributed by atoms with E-state index in [0.29, 0.717) is 6.42 Å². The third-order valence-corrected chi connectivity index (χ3v) is 3.25. The third-order valence-electron chi connectivity index (χ3n) is 3.25. The fourth-order valence-electron chi connectivity index (χ4n) is 2.30. The van der Waals surface area contributed by atoms with Crippen molar-refractivity contribution in [3.05, 3.63) is 23.0 Å². The van der Waals surface area contributed by atoms with E-state index < -0.39 is 0 Å². The molecule has 0 atom stereocenters. The van der Waals surface area contributed by atoms with Crippen LogP contribution in [-0.2, 0) is 11.2 Å². The molecular formula is C13H19NO. The van der Waals surface area contributed by atoms with Crippen molar-refractivity contribution in [1.82, 2.24) is 4.57 Å². The average Bonchev–Trinajstić information content (AvgIpc) is 2.92. The van der Waals surface area contributed by atoms with Crippen LogP contribution in [0.5, 0.6) is 0 Å². The molecule has 0 amide bonds. The van der Waals surface area contributed by atoms with Gasteiger partial charge in [-0.15, -0.1) is 0 Å². The zero-order valence-electron chi connectivity index (χ0n) is 9.84. The summed E-state index contributed by atoms with van der Waals surface area (Å²) >= 11 is 0. The van der Waals surface area contributed by atoms with Crippen molar-refractivity contribution in [2.75, 3.05) is 0 Å². The first kappa shape index (κ1) is 10.5. The molecule has 2 heteroatoms. The van der Waals surface area contributed by atoms with E-state index in [1.807, 2.05) is 0 Å². The second-order valence-electron chi connectivity index (χ2n) is 4.70. The highest BCUT2D eigenvalue weighted by atomic mass is 16.1. The van der Waals surface area contributed by atoms with Gasteiger partial charge in [0.2, 0.25) is 0 Å². The molecule has 2 nitrogen and oxygen atoms in total. The van der Waals surface area contributed by atoms with E-state index in [2.05, 4.69) is 24.5 Å². The van der Waals surface area contributed by atoms with E-state index in [-0.39, 0.29) is 5.78 Å². The van der Waals surface area contributed by atoms with E-state index in [0.717, 1.165) is 12.5 Å². The zero-order valence-corrected chi connectivity index (χ0v) is 9.84. The summed E-state index contributed by atoms with van der Waals surface area (Å²) in [4.78, 5) is 11.0. The molecule has 1 heterocycles. The molecule has 0 unspecified atom stereocenters. The molecule has 0 spiro atoms. The second kappa shape index (κ2) is 3.84. The van der Waals surface area contributed by atoms with Crippen molar-refractivity contribution in [3.8, 4) is 0 Å².